The van der Waals surface area contributed by atoms with Crippen molar-refractivity contribution in [3.63, 3.8) is 0 Å². The van der Waals surface area contributed by atoms with Crippen molar-refractivity contribution < 1.29 is 13.2 Å². The fourth-order valence-corrected chi connectivity index (χ4v) is 4.03. The van der Waals surface area contributed by atoms with E-state index >= 15 is 0 Å². The van der Waals surface area contributed by atoms with Gasteiger partial charge in [-0.25, -0.2) is 8.42 Å². The van der Waals surface area contributed by atoms with Gasteiger partial charge in [-0.05, 0) is 6.42 Å². The van der Waals surface area contributed by atoms with E-state index in [1.165, 1.54) is 15.8 Å². The minimum absolute atomic E-state index is 0.0367. The number of hydrogen-bond acceptors (Lipinski definition) is 5. The van der Waals surface area contributed by atoms with Gasteiger partial charge in [-0.15, -0.1) is 6.42 Å². The number of rotatable bonds is 3. The number of nitrogen functional groups attached to an aromatic ring is 1. The molecule has 1 aliphatic rings. The predicted molar refractivity (Wildman–Crippen MR) is 74.5 cm³/mol. The topological polar surface area (TPSA) is 98.3 Å². The van der Waals surface area contributed by atoms with Crippen molar-refractivity contribution in [2.75, 3.05) is 23.8 Å². The fourth-order valence-electron chi connectivity index (χ4n) is 2.30. The van der Waals surface area contributed by atoms with Gasteiger partial charge in [0.2, 0.25) is 0 Å². The molecule has 7 nitrogen and oxygen atoms in total. The highest BCUT2D eigenvalue weighted by Crippen LogP contribution is 2.21. The Kier molecular flexibility index (Phi) is 3.72. The molecule has 0 aromatic carbocycles. The lowest BCUT2D eigenvalue weighted by Gasteiger charge is -2.25. The van der Waals surface area contributed by atoms with Gasteiger partial charge in [-0.1, -0.05) is 5.92 Å². The molecule has 2 rings (SSSR count). The summed E-state index contributed by atoms with van der Waals surface area (Å²) in [5.74, 6) is 1.97. The molecule has 1 aliphatic heterocycles. The summed E-state index contributed by atoms with van der Waals surface area (Å²) in [4.78, 5) is 13.8. The highest BCUT2D eigenvalue weighted by Gasteiger charge is 2.35. The number of carbonyl (C=O) groups is 1. The SMILES string of the molecule is C#CCN(C(=O)c1nn(C)cc1N)C1CCS(=O)(=O)C1. The van der Waals surface area contributed by atoms with Gasteiger partial charge in [-0.2, -0.15) is 5.10 Å². The number of carbonyl (C=O) groups excluding carboxylic acids is 1. The third kappa shape index (κ3) is 2.77. The monoisotopic (exact) mass is 296 g/mol. The quantitative estimate of drug-likeness (QED) is 0.741. The molecule has 1 saturated heterocycles. The van der Waals surface area contributed by atoms with Gasteiger partial charge in [0.05, 0.1) is 23.7 Å². The zero-order valence-electron chi connectivity index (χ0n) is 11.1. The van der Waals surface area contributed by atoms with Gasteiger partial charge in [0.25, 0.3) is 5.91 Å². The molecule has 2 heterocycles. The number of terminal acetylenes is 1. The zero-order chi connectivity index (χ0) is 14.9. The molecule has 0 radical (unpaired) electrons. The maximum absolute atomic E-state index is 12.4. The average Bonchev–Trinajstić information content (AvgIpc) is 2.88. The van der Waals surface area contributed by atoms with Crippen molar-refractivity contribution in [1.82, 2.24) is 14.7 Å². The number of aromatic nitrogens is 2. The zero-order valence-corrected chi connectivity index (χ0v) is 11.9. The molecule has 0 bridgehead atoms. The van der Waals surface area contributed by atoms with E-state index in [-0.39, 0.29) is 29.4 Å². The second-order valence-electron chi connectivity index (χ2n) is 4.80. The van der Waals surface area contributed by atoms with Crippen LogP contribution in [0.4, 0.5) is 5.69 Å². The molecular weight excluding hydrogens is 280 g/mol. The predicted octanol–water partition coefficient (Wildman–Crippen LogP) is -0.735. The van der Waals surface area contributed by atoms with Crippen molar-refractivity contribution in [1.29, 1.82) is 0 Å². The fraction of sp³-hybridized carbons (Fsp3) is 0.500. The van der Waals surface area contributed by atoms with Gasteiger partial charge >= 0.3 is 0 Å². The van der Waals surface area contributed by atoms with E-state index in [4.69, 9.17) is 12.2 Å². The Morgan fingerprint density at radius 1 is 1.70 bits per heavy atom. The van der Waals surface area contributed by atoms with E-state index in [2.05, 4.69) is 11.0 Å². The first-order valence-corrected chi connectivity index (χ1v) is 7.90. The number of sulfone groups is 1. The lowest BCUT2D eigenvalue weighted by atomic mass is 10.2. The molecule has 1 aromatic heterocycles. The molecule has 20 heavy (non-hydrogen) atoms. The average molecular weight is 296 g/mol. The number of aryl methyl sites for hydroxylation is 1. The second kappa shape index (κ2) is 5.17. The number of nitrogens with zero attached hydrogens (tertiary/aromatic N) is 3. The second-order valence-corrected chi connectivity index (χ2v) is 7.03. The van der Waals surface area contributed by atoms with Crippen LogP contribution in [0, 0.1) is 12.3 Å². The highest BCUT2D eigenvalue weighted by molar-refractivity contribution is 7.91. The highest BCUT2D eigenvalue weighted by atomic mass is 32.2. The van der Waals surface area contributed by atoms with Gasteiger partial charge in [-0.3, -0.25) is 9.48 Å². The number of nitrogens with two attached hydrogens (primary N) is 1. The van der Waals surface area contributed by atoms with Crippen LogP contribution >= 0.6 is 0 Å². The molecule has 108 valence electrons. The summed E-state index contributed by atoms with van der Waals surface area (Å²) >= 11 is 0. The molecule has 2 N–H and O–H groups in total. The summed E-state index contributed by atoms with van der Waals surface area (Å²) in [6.07, 6.45) is 7.19. The van der Waals surface area contributed by atoms with E-state index in [1.807, 2.05) is 0 Å². The van der Waals surface area contributed by atoms with Crippen LogP contribution in [-0.4, -0.2) is 53.1 Å². The maximum atomic E-state index is 12.4. The van der Waals surface area contributed by atoms with Crippen LogP contribution in [0.3, 0.4) is 0 Å². The maximum Gasteiger partial charge on any atom is 0.277 e. The summed E-state index contributed by atoms with van der Waals surface area (Å²) in [6.45, 7) is 0.0367. The van der Waals surface area contributed by atoms with E-state index in [1.54, 1.807) is 7.05 Å². The Balaban J connectivity index is 2.28. The molecule has 0 spiro atoms. The van der Waals surface area contributed by atoms with Crippen molar-refractivity contribution in [2.45, 2.75) is 12.5 Å². The van der Waals surface area contributed by atoms with Crippen LogP contribution in [0.2, 0.25) is 0 Å². The minimum atomic E-state index is -3.10. The van der Waals surface area contributed by atoms with E-state index in [0.717, 1.165) is 0 Å². The summed E-state index contributed by atoms with van der Waals surface area (Å²) in [5, 5.41) is 4.00. The molecule has 1 fully saturated rings. The van der Waals surface area contributed by atoms with Gasteiger partial charge in [0, 0.05) is 19.3 Å². The van der Waals surface area contributed by atoms with Crippen LogP contribution in [0.25, 0.3) is 0 Å². The summed E-state index contributed by atoms with van der Waals surface area (Å²) in [5.41, 5.74) is 6.08. The molecule has 1 atom stereocenters. The Hall–Kier alpha value is -2.01. The third-order valence-electron chi connectivity index (χ3n) is 3.23. The Labute approximate surface area is 117 Å². The largest absolute Gasteiger partial charge is 0.396 e. The molecule has 1 unspecified atom stereocenters. The smallest absolute Gasteiger partial charge is 0.277 e. The first kappa shape index (κ1) is 14.4. The van der Waals surface area contributed by atoms with Crippen molar-refractivity contribution >= 4 is 21.4 Å². The van der Waals surface area contributed by atoms with E-state index in [0.29, 0.717) is 6.42 Å². The van der Waals surface area contributed by atoms with Crippen LogP contribution in [0.1, 0.15) is 16.9 Å². The van der Waals surface area contributed by atoms with Crippen LogP contribution in [0.5, 0.6) is 0 Å². The molecule has 0 saturated carbocycles. The summed E-state index contributed by atoms with van der Waals surface area (Å²) in [7, 11) is -1.45. The first-order valence-electron chi connectivity index (χ1n) is 6.08. The first-order chi connectivity index (χ1) is 9.34. The Morgan fingerprint density at radius 3 is 2.85 bits per heavy atom. The van der Waals surface area contributed by atoms with Crippen LogP contribution in [-0.2, 0) is 16.9 Å². The van der Waals surface area contributed by atoms with Crippen molar-refractivity contribution in [3.8, 4) is 12.3 Å². The van der Waals surface area contributed by atoms with Crippen molar-refractivity contribution in [3.05, 3.63) is 11.9 Å². The Morgan fingerprint density at radius 2 is 2.40 bits per heavy atom. The standard InChI is InChI=1S/C12H16N4O3S/c1-3-5-16(9-4-6-20(18,19)8-9)12(17)11-10(13)7-15(2)14-11/h1,7,9H,4-6,8,13H2,2H3. The summed E-state index contributed by atoms with van der Waals surface area (Å²) in [6, 6.07) is -0.412. The minimum Gasteiger partial charge on any atom is -0.396 e. The molecular formula is C12H16N4O3S. The number of amides is 1. The van der Waals surface area contributed by atoms with Crippen LogP contribution < -0.4 is 5.73 Å². The molecule has 0 aliphatic carbocycles. The number of hydrogen-bond donors (Lipinski definition) is 1. The van der Waals surface area contributed by atoms with Gasteiger partial charge in [0.1, 0.15) is 0 Å². The van der Waals surface area contributed by atoms with Gasteiger partial charge < -0.3 is 10.6 Å². The lowest BCUT2D eigenvalue weighted by molar-refractivity contribution is 0.0718. The van der Waals surface area contributed by atoms with E-state index in [9.17, 15) is 13.2 Å². The van der Waals surface area contributed by atoms with Gasteiger partial charge in [0.15, 0.2) is 15.5 Å². The number of anilines is 1. The molecule has 1 amide bonds. The van der Waals surface area contributed by atoms with E-state index < -0.39 is 21.8 Å². The Bertz CT molecular complexity index is 671. The summed E-state index contributed by atoms with van der Waals surface area (Å²) < 4.78 is 24.5. The van der Waals surface area contributed by atoms with Crippen molar-refractivity contribution in [2.24, 2.45) is 7.05 Å². The third-order valence-corrected chi connectivity index (χ3v) is 4.98. The lowest BCUT2D eigenvalue weighted by Crippen LogP contribution is -2.41. The normalized spacial score (nSPS) is 20.5. The van der Waals surface area contributed by atoms with Crippen LogP contribution in [0.15, 0.2) is 6.20 Å². The molecule has 8 heteroatoms. The molecule has 1 aromatic rings.